The van der Waals surface area contributed by atoms with Gasteiger partial charge in [0.15, 0.2) is 0 Å². The van der Waals surface area contributed by atoms with Crippen LogP contribution in [0.1, 0.15) is 32.8 Å². The van der Waals surface area contributed by atoms with Gasteiger partial charge in [0.2, 0.25) is 0 Å². The lowest BCUT2D eigenvalue weighted by Crippen LogP contribution is -2.02. The standard InChI is InChI=1S/C13H22N2O/c1-4-14-13-9-12(5-7-15-13)10-16-8-6-11(2)3/h5,7,9,11H,4,6,8,10H2,1-3H3,(H,14,15). The minimum absolute atomic E-state index is 0.674. The monoisotopic (exact) mass is 222 g/mol. The van der Waals surface area contributed by atoms with Gasteiger partial charge in [-0.05, 0) is 37.0 Å². The normalized spacial score (nSPS) is 10.8. The van der Waals surface area contributed by atoms with Crippen molar-refractivity contribution >= 4 is 5.82 Å². The van der Waals surface area contributed by atoms with Gasteiger partial charge in [0.1, 0.15) is 5.82 Å². The van der Waals surface area contributed by atoms with Gasteiger partial charge in [-0.2, -0.15) is 0 Å². The maximum atomic E-state index is 5.61. The summed E-state index contributed by atoms with van der Waals surface area (Å²) in [6, 6.07) is 4.04. The SMILES string of the molecule is CCNc1cc(COCCC(C)C)ccn1. The van der Waals surface area contributed by atoms with Gasteiger partial charge < -0.3 is 10.1 Å². The predicted octanol–water partition coefficient (Wildman–Crippen LogP) is 3.08. The molecule has 0 aliphatic rings. The number of anilines is 1. The van der Waals surface area contributed by atoms with Crippen LogP contribution in [0.15, 0.2) is 18.3 Å². The fourth-order valence-electron chi connectivity index (χ4n) is 1.35. The highest BCUT2D eigenvalue weighted by molar-refractivity contribution is 5.36. The lowest BCUT2D eigenvalue weighted by Gasteiger charge is -2.08. The summed E-state index contributed by atoms with van der Waals surface area (Å²) >= 11 is 0. The van der Waals surface area contributed by atoms with Crippen molar-refractivity contribution in [3.63, 3.8) is 0 Å². The molecular weight excluding hydrogens is 200 g/mol. The molecule has 0 amide bonds. The molecule has 1 aromatic heterocycles. The number of nitrogens with one attached hydrogen (secondary N) is 1. The smallest absolute Gasteiger partial charge is 0.126 e. The molecule has 0 aromatic carbocycles. The van der Waals surface area contributed by atoms with Crippen LogP contribution >= 0.6 is 0 Å². The third kappa shape index (κ3) is 5.12. The molecular formula is C13H22N2O. The van der Waals surface area contributed by atoms with E-state index in [1.807, 2.05) is 18.3 Å². The second-order valence-corrected chi connectivity index (χ2v) is 4.31. The van der Waals surface area contributed by atoms with E-state index in [1.54, 1.807) is 0 Å². The molecule has 0 fully saturated rings. The van der Waals surface area contributed by atoms with E-state index in [2.05, 4.69) is 31.1 Å². The van der Waals surface area contributed by atoms with E-state index in [4.69, 9.17) is 4.74 Å². The first-order valence-electron chi connectivity index (χ1n) is 5.99. The van der Waals surface area contributed by atoms with E-state index in [9.17, 15) is 0 Å². The summed E-state index contributed by atoms with van der Waals surface area (Å²) in [5, 5.41) is 3.19. The Morgan fingerprint density at radius 1 is 1.44 bits per heavy atom. The summed E-state index contributed by atoms with van der Waals surface area (Å²) in [6.07, 6.45) is 2.93. The Hall–Kier alpha value is -1.09. The first-order chi connectivity index (χ1) is 7.72. The van der Waals surface area contributed by atoms with Crippen molar-refractivity contribution in [1.82, 2.24) is 4.98 Å². The van der Waals surface area contributed by atoms with E-state index in [0.29, 0.717) is 12.5 Å². The lowest BCUT2D eigenvalue weighted by molar-refractivity contribution is 0.110. The van der Waals surface area contributed by atoms with Crippen LogP contribution < -0.4 is 5.32 Å². The lowest BCUT2D eigenvalue weighted by atomic mass is 10.1. The highest BCUT2D eigenvalue weighted by Crippen LogP contribution is 2.08. The zero-order valence-corrected chi connectivity index (χ0v) is 10.5. The van der Waals surface area contributed by atoms with Gasteiger partial charge >= 0.3 is 0 Å². The van der Waals surface area contributed by atoms with E-state index in [1.165, 1.54) is 5.56 Å². The molecule has 1 heterocycles. The maximum absolute atomic E-state index is 5.61. The van der Waals surface area contributed by atoms with Gasteiger partial charge in [-0.15, -0.1) is 0 Å². The molecule has 1 aromatic rings. The molecule has 3 nitrogen and oxygen atoms in total. The highest BCUT2D eigenvalue weighted by atomic mass is 16.5. The second-order valence-electron chi connectivity index (χ2n) is 4.31. The van der Waals surface area contributed by atoms with Crippen molar-refractivity contribution in [2.75, 3.05) is 18.5 Å². The third-order valence-electron chi connectivity index (χ3n) is 2.29. The fourth-order valence-corrected chi connectivity index (χ4v) is 1.35. The molecule has 1 N–H and O–H groups in total. The minimum Gasteiger partial charge on any atom is -0.377 e. The first-order valence-corrected chi connectivity index (χ1v) is 5.99. The van der Waals surface area contributed by atoms with E-state index < -0.39 is 0 Å². The summed E-state index contributed by atoms with van der Waals surface area (Å²) < 4.78 is 5.61. The number of ether oxygens (including phenoxy) is 1. The molecule has 0 atom stereocenters. The quantitative estimate of drug-likeness (QED) is 0.720. The molecule has 0 saturated heterocycles. The number of nitrogens with zero attached hydrogens (tertiary/aromatic N) is 1. The van der Waals surface area contributed by atoms with Crippen molar-refractivity contribution in [3.8, 4) is 0 Å². The molecule has 0 radical (unpaired) electrons. The number of hydrogen-bond donors (Lipinski definition) is 1. The van der Waals surface area contributed by atoms with Crippen LogP contribution in [0.3, 0.4) is 0 Å². The van der Waals surface area contributed by atoms with Gasteiger partial charge in [0.25, 0.3) is 0 Å². The number of hydrogen-bond acceptors (Lipinski definition) is 3. The zero-order chi connectivity index (χ0) is 11.8. The highest BCUT2D eigenvalue weighted by Gasteiger charge is 1.98. The Bertz CT molecular complexity index is 300. The van der Waals surface area contributed by atoms with E-state index in [-0.39, 0.29) is 0 Å². The Balaban J connectivity index is 2.33. The summed E-state index contributed by atoms with van der Waals surface area (Å²) in [7, 11) is 0. The number of aromatic nitrogens is 1. The summed E-state index contributed by atoms with van der Waals surface area (Å²) in [6.45, 7) is 8.88. The second kappa shape index (κ2) is 7.23. The van der Waals surface area contributed by atoms with Crippen molar-refractivity contribution in [1.29, 1.82) is 0 Å². The average molecular weight is 222 g/mol. The van der Waals surface area contributed by atoms with Crippen molar-refractivity contribution in [2.24, 2.45) is 5.92 Å². The Kier molecular flexibility index (Phi) is 5.86. The molecule has 0 bridgehead atoms. The van der Waals surface area contributed by atoms with Gasteiger partial charge in [-0.25, -0.2) is 4.98 Å². The molecule has 0 aliphatic heterocycles. The third-order valence-corrected chi connectivity index (χ3v) is 2.29. The van der Waals surface area contributed by atoms with Crippen LogP contribution in [0.25, 0.3) is 0 Å². The zero-order valence-electron chi connectivity index (χ0n) is 10.5. The molecule has 90 valence electrons. The molecule has 0 aliphatic carbocycles. The van der Waals surface area contributed by atoms with Gasteiger partial charge in [0, 0.05) is 19.3 Å². The van der Waals surface area contributed by atoms with Crippen LogP contribution in [-0.4, -0.2) is 18.1 Å². The maximum Gasteiger partial charge on any atom is 0.126 e. The Morgan fingerprint density at radius 2 is 2.25 bits per heavy atom. The number of pyridine rings is 1. The van der Waals surface area contributed by atoms with E-state index in [0.717, 1.165) is 25.4 Å². The molecule has 0 unspecified atom stereocenters. The minimum atomic E-state index is 0.674. The molecule has 16 heavy (non-hydrogen) atoms. The summed E-state index contributed by atoms with van der Waals surface area (Å²) in [5.41, 5.74) is 1.18. The van der Waals surface area contributed by atoms with Crippen molar-refractivity contribution in [2.45, 2.75) is 33.8 Å². The van der Waals surface area contributed by atoms with Crippen LogP contribution in [-0.2, 0) is 11.3 Å². The van der Waals surface area contributed by atoms with Crippen LogP contribution in [0.2, 0.25) is 0 Å². The topological polar surface area (TPSA) is 34.1 Å². The van der Waals surface area contributed by atoms with Crippen LogP contribution in [0, 0.1) is 5.92 Å². The average Bonchev–Trinajstić information content (AvgIpc) is 2.25. The Labute approximate surface area is 98.2 Å². The van der Waals surface area contributed by atoms with Crippen LogP contribution in [0.5, 0.6) is 0 Å². The summed E-state index contributed by atoms with van der Waals surface area (Å²) in [5.74, 6) is 1.63. The molecule has 0 saturated carbocycles. The predicted molar refractivity (Wildman–Crippen MR) is 67.5 cm³/mol. The largest absolute Gasteiger partial charge is 0.377 e. The molecule has 1 rings (SSSR count). The molecule has 0 spiro atoms. The fraction of sp³-hybridized carbons (Fsp3) is 0.615. The Morgan fingerprint density at radius 3 is 2.94 bits per heavy atom. The molecule has 3 heteroatoms. The van der Waals surface area contributed by atoms with Crippen molar-refractivity contribution < 1.29 is 4.74 Å². The van der Waals surface area contributed by atoms with Gasteiger partial charge in [-0.3, -0.25) is 0 Å². The van der Waals surface area contributed by atoms with Gasteiger partial charge in [-0.1, -0.05) is 13.8 Å². The van der Waals surface area contributed by atoms with Crippen LogP contribution in [0.4, 0.5) is 5.82 Å². The summed E-state index contributed by atoms with van der Waals surface area (Å²) in [4.78, 5) is 4.22. The van der Waals surface area contributed by atoms with Crippen molar-refractivity contribution in [3.05, 3.63) is 23.9 Å². The first kappa shape index (κ1) is 13.0. The van der Waals surface area contributed by atoms with Gasteiger partial charge in [0.05, 0.1) is 6.61 Å². The van der Waals surface area contributed by atoms with E-state index >= 15 is 0 Å². The number of rotatable bonds is 7.